The highest BCUT2D eigenvalue weighted by Crippen LogP contribution is 2.46. The zero-order chi connectivity index (χ0) is 9.38. The molecule has 0 saturated carbocycles. The Morgan fingerprint density at radius 2 is 1.29 bits per heavy atom. The summed E-state index contributed by atoms with van der Waals surface area (Å²) < 4.78 is 0. The summed E-state index contributed by atoms with van der Waals surface area (Å²) in [5.74, 6) is 0. The van der Waals surface area contributed by atoms with Gasteiger partial charge in [0.15, 0.2) is 0 Å². The number of benzene rings is 1. The van der Waals surface area contributed by atoms with Crippen LogP contribution in [0, 0.1) is 0 Å². The fraction of sp³-hybridized carbons (Fsp3) is 0.167. The molecule has 2 atom stereocenters. The second-order valence-electron chi connectivity index (χ2n) is 3.38. The molecular formula is C12H10S2. The lowest BCUT2D eigenvalue weighted by atomic mass is 10.2. The van der Waals surface area contributed by atoms with E-state index >= 15 is 0 Å². The van der Waals surface area contributed by atoms with Gasteiger partial charge in [0.2, 0.25) is 0 Å². The maximum absolute atomic E-state index is 2.30. The molecule has 0 amide bonds. The van der Waals surface area contributed by atoms with Crippen molar-refractivity contribution in [3.63, 3.8) is 0 Å². The van der Waals surface area contributed by atoms with Gasteiger partial charge in [-0.25, -0.2) is 0 Å². The Morgan fingerprint density at radius 1 is 0.786 bits per heavy atom. The third kappa shape index (κ3) is 1.43. The van der Waals surface area contributed by atoms with E-state index in [1.54, 1.807) is 0 Å². The summed E-state index contributed by atoms with van der Waals surface area (Å²) in [6.07, 6.45) is 8.92. The van der Waals surface area contributed by atoms with Crippen molar-refractivity contribution in [3.05, 3.63) is 48.6 Å². The molecule has 0 fully saturated rings. The van der Waals surface area contributed by atoms with E-state index in [-0.39, 0.29) is 0 Å². The molecular weight excluding hydrogens is 208 g/mol. The molecule has 0 radical (unpaired) electrons. The van der Waals surface area contributed by atoms with E-state index in [1.807, 2.05) is 23.5 Å². The SMILES string of the molecule is C1=CC2Sc3ccccc3SC2C=C1. The van der Waals surface area contributed by atoms with Gasteiger partial charge in [0.05, 0.1) is 0 Å². The lowest BCUT2D eigenvalue weighted by Gasteiger charge is -2.29. The summed E-state index contributed by atoms with van der Waals surface area (Å²) in [7, 11) is 0. The molecule has 0 N–H and O–H groups in total. The molecule has 2 aliphatic rings. The molecule has 1 aromatic carbocycles. The molecule has 0 bridgehead atoms. The molecule has 0 saturated heterocycles. The van der Waals surface area contributed by atoms with Gasteiger partial charge in [0.1, 0.15) is 0 Å². The summed E-state index contributed by atoms with van der Waals surface area (Å²) in [5, 5.41) is 1.25. The molecule has 3 rings (SSSR count). The minimum atomic E-state index is 0.625. The predicted octanol–water partition coefficient (Wildman–Crippen LogP) is 3.75. The molecule has 0 aromatic heterocycles. The molecule has 2 heteroatoms. The summed E-state index contributed by atoms with van der Waals surface area (Å²) >= 11 is 3.96. The van der Waals surface area contributed by atoms with Crippen molar-refractivity contribution < 1.29 is 0 Å². The van der Waals surface area contributed by atoms with E-state index in [2.05, 4.69) is 48.6 Å². The lowest BCUT2D eigenvalue weighted by Crippen LogP contribution is -2.20. The Balaban J connectivity index is 2.00. The van der Waals surface area contributed by atoms with Gasteiger partial charge in [-0.15, -0.1) is 23.5 Å². The fourth-order valence-electron chi connectivity index (χ4n) is 1.72. The molecule has 2 unspecified atom stereocenters. The van der Waals surface area contributed by atoms with Gasteiger partial charge in [-0.1, -0.05) is 36.4 Å². The largest absolute Gasteiger partial charge is 0.116 e. The Kier molecular flexibility index (Phi) is 2.18. The number of hydrogen-bond acceptors (Lipinski definition) is 2. The Hall–Kier alpha value is -0.600. The average Bonchev–Trinajstić information content (AvgIpc) is 2.26. The Labute approximate surface area is 92.5 Å². The third-order valence-electron chi connectivity index (χ3n) is 2.41. The highest BCUT2D eigenvalue weighted by molar-refractivity contribution is 8.06. The van der Waals surface area contributed by atoms with Crippen molar-refractivity contribution in [1.82, 2.24) is 0 Å². The summed E-state index contributed by atoms with van der Waals surface area (Å²) in [5.41, 5.74) is 0. The number of rotatable bonds is 0. The van der Waals surface area contributed by atoms with E-state index in [0.29, 0.717) is 10.5 Å². The highest BCUT2D eigenvalue weighted by atomic mass is 32.2. The highest BCUT2D eigenvalue weighted by Gasteiger charge is 2.26. The van der Waals surface area contributed by atoms with E-state index in [1.165, 1.54) is 9.79 Å². The molecule has 1 heterocycles. The van der Waals surface area contributed by atoms with Crippen molar-refractivity contribution >= 4 is 23.5 Å². The molecule has 1 aromatic rings. The first-order valence-corrected chi connectivity index (χ1v) is 6.47. The minimum Gasteiger partial charge on any atom is -0.116 e. The summed E-state index contributed by atoms with van der Waals surface area (Å²) in [4.78, 5) is 2.86. The molecule has 70 valence electrons. The average molecular weight is 218 g/mol. The monoisotopic (exact) mass is 218 g/mol. The van der Waals surface area contributed by atoms with Gasteiger partial charge in [0, 0.05) is 20.3 Å². The van der Waals surface area contributed by atoms with Crippen LogP contribution in [0.1, 0.15) is 0 Å². The molecule has 1 aliphatic heterocycles. The van der Waals surface area contributed by atoms with Gasteiger partial charge in [-0.3, -0.25) is 0 Å². The van der Waals surface area contributed by atoms with Crippen LogP contribution >= 0.6 is 23.5 Å². The van der Waals surface area contributed by atoms with Crippen LogP contribution in [0.15, 0.2) is 58.4 Å². The van der Waals surface area contributed by atoms with Gasteiger partial charge in [0.25, 0.3) is 0 Å². The van der Waals surface area contributed by atoms with E-state index in [9.17, 15) is 0 Å². The molecule has 14 heavy (non-hydrogen) atoms. The van der Waals surface area contributed by atoms with Crippen molar-refractivity contribution in [2.45, 2.75) is 20.3 Å². The first kappa shape index (κ1) is 8.69. The normalized spacial score (nSPS) is 28.3. The standard InChI is InChI=1S/C12H10S2/c1-2-6-10-9(5-1)13-11-7-3-4-8-12(11)14-10/h1-10H. The molecule has 0 spiro atoms. The van der Waals surface area contributed by atoms with Gasteiger partial charge in [-0.05, 0) is 12.1 Å². The van der Waals surface area contributed by atoms with Crippen LogP contribution in [0.3, 0.4) is 0 Å². The van der Waals surface area contributed by atoms with Crippen molar-refractivity contribution in [3.8, 4) is 0 Å². The number of thioether (sulfide) groups is 2. The van der Waals surface area contributed by atoms with Crippen molar-refractivity contribution in [2.24, 2.45) is 0 Å². The zero-order valence-corrected chi connectivity index (χ0v) is 9.22. The topological polar surface area (TPSA) is 0 Å². The second kappa shape index (κ2) is 3.52. The van der Waals surface area contributed by atoms with Crippen molar-refractivity contribution in [2.75, 3.05) is 0 Å². The zero-order valence-electron chi connectivity index (χ0n) is 7.59. The van der Waals surface area contributed by atoms with E-state index in [4.69, 9.17) is 0 Å². The van der Waals surface area contributed by atoms with Gasteiger partial charge >= 0.3 is 0 Å². The van der Waals surface area contributed by atoms with Crippen LogP contribution < -0.4 is 0 Å². The van der Waals surface area contributed by atoms with Crippen LogP contribution in [0.25, 0.3) is 0 Å². The lowest BCUT2D eigenvalue weighted by molar-refractivity contribution is 1.04. The molecule has 0 nitrogen and oxygen atoms in total. The van der Waals surface area contributed by atoms with Gasteiger partial charge in [-0.2, -0.15) is 0 Å². The summed E-state index contributed by atoms with van der Waals surface area (Å²) in [6, 6.07) is 8.68. The predicted molar refractivity (Wildman–Crippen MR) is 64.0 cm³/mol. The van der Waals surface area contributed by atoms with E-state index < -0.39 is 0 Å². The number of allylic oxidation sites excluding steroid dienone is 2. The maximum Gasteiger partial charge on any atom is 0.0435 e. The second-order valence-corrected chi connectivity index (χ2v) is 5.82. The van der Waals surface area contributed by atoms with Crippen LogP contribution in [-0.4, -0.2) is 10.5 Å². The number of fused-ring (bicyclic) bond motifs is 2. The number of hydrogen-bond donors (Lipinski definition) is 0. The first-order chi connectivity index (χ1) is 6.93. The Bertz CT molecular complexity index is 368. The van der Waals surface area contributed by atoms with Crippen LogP contribution in [0.2, 0.25) is 0 Å². The Morgan fingerprint density at radius 3 is 1.79 bits per heavy atom. The van der Waals surface area contributed by atoms with E-state index in [0.717, 1.165) is 0 Å². The summed E-state index contributed by atoms with van der Waals surface area (Å²) in [6.45, 7) is 0. The van der Waals surface area contributed by atoms with Crippen molar-refractivity contribution in [1.29, 1.82) is 0 Å². The smallest absolute Gasteiger partial charge is 0.0435 e. The third-order valence-corrected chi connectivity index (χ3v) is 5.38. The van der Waals surface area contributed by atoms with Crippen LogP contribution in [-0.2, 0) is 0 Å². The van der Waals surface area contributed by atoms with Crippen LogP contribution in [0.4, 0.5) is 0 Å². The quantitative estimate of drug-likeness (QED) is 0.650. The maximum atomic E-state index is 2.30. The molecule has 1 aliphatic carbocycles. The van der Waals surface area contributed by atoms with Gasteiger partial charge < -0.3 is 0 Å². The minimum absolute atomic E-state index is 0.625. The van der Waals surface area contributed by atoms with Crippen LogP contribution in [0.5, 0.6) is 0 Å². The fourth-order valence-corrected chi connectivity index (χ4v) is 4.40. The first-order valence-electron chi connectivity index (χ1n) is 4.71.